The van der Waals surface area contributed by atoms with Gasteiger partial charge in [-0.3, -0.25) is 0 Å². The molecule has 0 spiro atoms. The van der Waals surface area contributed by atoms with Crippen LogP contribution in [0, 0.1) is 6.92 Å². The number of carbonyl (C=O) groups excluding carboxylic acids is 1. The predicted molar refractivity (Wildman–Crippen MR) is 103 cm³/mol. The highest BCUT2D eigenvalue weighted by Gasteiger charge is 2.28. The molecule has 1 fully saturated rings. The minimum Gasteiger partial charge on any atom is -0.496 e. The molecule has 27 heavy (non-hydrogen) atoms. The van der Waals surface area contributed by atoms with Crippen molar-refractivity contribution in [3.8, 4) is 17.2 Å². The molecule has 1 aliphatic carbocycles. The Morgan fingerprint density at radius 1 is 1.11 bits per heavy atom. The fraction of sp³-hybridized carbons (Fsp3) is 0.409. The van der Waals surface area contributed by atoms with Gasteiger partial charge in [0, 0.05) is 0 Å². The Bertz CT molecular complexity index is 824. The first kappa shape index (κ1) is 19.1. The van der Waals surface area contributed by atoms with E-state index >= 15 is 0 Å². The fourth-order valence-electron chi connectivity index (χ4n) is 3.22. The molecule has 0 N–H and O–H groups in total. The number of methoxy groups -OCH3 is 2. The van der Waals surface area contributed by atoms with Crippen LogP contribution in [0.1, 0.15) is 47.9 Å². The molecule has 5 nitrogen and oxygen atoms in total. The van der Waals surface area contributed by atoms with Crippen molar-refractivity contribution in [3.05, 3.63) is 52.6 Å². The second-order valence-electron chi connectivity index (χ2n) is 6.73. The van der Waals surface area contributed by atoms with Crippen molar-refractivity contribution in [3.63, 3.8) is 0 Å². The van der Waals surface area contributed by atoms with Gasteiger partial charge in [-0.2, -0.15) is 0 Å². The summed E-state index contributed by atoms with van der Waals surface area (Å²) in [5, 5.41) is 0. The lowest BCUT2D eigenvalue weighted by molar-refractivity contribution is 0.120. The van der Waals surface area contributed by atoms with Crippen LogP contribution in [0.4, 0.5) is 4.79 Å². The van der Waals surface area contributed by atoms with E-state index in [2.05, 4.69) is 30.7 Å². The first-order valence-corrected chi connectivity index (χ1v) is 9.25. The Kier molecular flexibility index (Phi) is 5.89. The molecule has 0 radical (unpaired) electrons. The van der Waals surface area contributed by atoms with Crippen molar-refractivity contribution in [2.24, 2.45) is 0 Å². The Balaban J connectivity index is 1.88. The van der Waals surface area contributed by atoms with E-state index in [0.29, 0.717) is 23.0 Å². The molecule has 0 atom stereocenters. The lowest BCUT2D eigenvalue weighted by atomic mass is 9.99. The third-order valence-electron chi connectivity index (χ3n) is 4.91. The third-order valence-corrected chi connectivity index (χ3v) is 4.91. The van der Waals surface area contributed by atoms with E-state index in [1.54, 1.807) is 19.2 Å². The van der Waals surface area contributed by atoms with Gasteiger partial charge in [0.1, 0.15) is 23.9 Å². The zero-order valence-corrected chi connectivity index (χ0v) is 16.3. The largest absolute Gasteiger partial charge is 0.513 e. The number of benzene rings is 2. The molecule has 0 heterocycles. The van der Waals surface area contributed by atoms with Crippen LogP contribution in [0.2, 0.25) is 0 Å². The first-order chi connectivity index (χ1) is 13.1. The highest BCUT2D eigenvalue weighted by molar-refractivity contribution is 5.65. The molecule has 3 rings (SSSR count). The summed E-state index contributed by atoms with van der Waals surface area (Å²) in [6.45, 7) is 4.52. The van der Waals surface area contributed by atoms with Crippen molar-refractivity contribution in [1.29, 1.82) is 0 Å². The number of aryl methyl sites for hydroxylation is 2. The number of rotatable bonds is 7. The average Bonchev–Trinajstić information content (AvgIpc) is 3.51. The minimum atomic E-state index is -0.772. The minimum absolute atomic E-state index is 0.237. The molecule has 0 bridgehead atoms. The maximum atomic E-state index is 11.5. The highest BCUT2D eigenvalue weighted by Crippen LogP contribution is 2.45. The molecule has 5 heteroatoms. The molecular weight excluding hydrogens is 344 g/mol. The van der Waals surface area contributed by atoms with E-state index in [4.69, 9.17) is 14.2 Å². The monoisotopic (exact) mass is 370 g/mol. The maximum absolute atomic E-state index is 11.5. The lowest BCUT2D eigenvalue weighted by Gasteiger charge is -2.17. The Labute approximate surface area is 160 Å². The SMILES string of the molecule is CCc1cc(C2CC2)c(OCc2c(OC)cccc2OC(=O)OC)cc1C. The van der Waals surface area contributed by atoms with Gasteiger partial charge >= 0.3 is 6.16 Å². The quantitative estimate of drug-likeness (QED) is 0.497. The molecule has 0 unspecified atom stereocenters. The number of carbonyl (C=O) groups is 1. The van der Waals surface area contributed by atoms with Crippen LogP contribution in [0.3, 0.4) is 0 Å². The van der Waals surface area contributed by atoms with Gasteiger partial charge in [-0.05, 0) is 67.0 Å². The van der Waals surface area contributed by atoms with Crippen molar-refractivity contribution >= 4 is 6.16 Å². The molecule has 0 saturated heterocycles. The average molecular weight is 370 g/mol. The van der Waals surface area contributed by atoms with Crippen molar-refractivity contribution in [2.45, 2.75) is 45.6 Å². The van der Waals surface area contributed by atoms with Gasteiger partial charge in [-0.15, -0.1) is 0 Å². The van der Waals surface area contributed by atoms with Gasteiger partial charge in [0.15, 0.2) is 0 Å². The van der Waals surface area contributed by atoms with Gasteiger partial charge in [0.05, 0.1) is 19.8 Å². The molecule has 1 saturated carbocycles. The van der Waals surface area contributed by atoms with Crippen LogP contribution in [-0.4, -0.2) is 20.4 Å². The van der Waals surface area contributed by atoms with E-state index in [0.717, 1.165) is 12.2 Å². The molecule has 1 aliphatic rings. The second kappa shape index (κ2) is 8.33. The van der Waals surface area contributed by atoms with Crippen LogP contribution < -0.4 is 14.2 Å². The van der Waals surface area contributed by atoms with Gasteiger partial charge in [0.2, 0.25) is 0 Å². The van der Waals surface area contributed by atoms with Crippen molar-refractivity contribution in [2.75, 3.05) is 14.2 Å². The highest BCUT2D eigenvalue weighted by atomic mass is 16.7. The normalized spacial score (nSPS) is 13.2. The second-order valence-corrected chi connectivity index (χ2v) is 6.73. The van der Waals surface area contributed by atoms with Crippen LogP contribution in [-0.2, 0) is 17.8 Å². The molecule has 2 aromatic carbocycles. The van der Waals surface area contributed by atoms with Crippen LogP contribution >= 0.6 is 0 Å². The zero-order valence-electron chi connectivity index (χ0n) is 16.3. The predicted octanol–water partition coefficient (Wildman–Crippen LogP) is 5.17. The van der Waals surface area contributed by atoms with Crippen molar-refractivity contribution in [1.82, 2.24) is 0 Å². The van der Waals surface area contributed by atoms with E-state index in [1.807, 2.05) is 6.07 Å². The summed E-state index contributed by atoms with van der Waals surface area (Å²) < 4.78 is 21.5. The zero-order chi connectivity index (χ0) is 19.4. The third kappa shape index (κ3) is 4.35. The first-order valence-electron chi connectivity index (χ1n) is 9.25. The van der Waals surface area contributed by atoms with E-state index < -0.39 is 6.16 Å². The van der Waals surface area contributed by atoms with Crippen LogP contribution in [0.15, 0.2) is 30.3 Å². The number of hydrogen-bond acceptors (Lipinski definition) is 5. The lowest BCUT2D eigenvalue weighted by Crippen LogP contribution is -2.11. The Hall–Kier alpha value is -2.69. The van der Waals surface area contributed by atoms with Gasteiger partial charge in [0.25, 0.3) is 0 Å². The summed E-state index contributed by atoms with van der Waals surface area (Å²) in [6, 6.07) is 9.66. The molecule has 2 aromatic rings. The summed E-state index contributed by atoms with van der Waals surface area (Å²) in [7, 11) is 2.86. The van der Waals surface area contributed by atoms with Crippen molar-refractivity contribution < 1.29 is 23.7 Å². The standard InChI is InChI=1S/C22H26O5/c1-5-15-12-17(16-9-10-16)21(11-14(15)2)26-13-18-19(24-3)7-6-8-20(18)27-22(23)25-4/h6-8,11-12,16H,5,9-10,13H2,1-4H3. The Morgan fingerprint density at radius 2 is 1.85 bits per heavy atom. The topological polar surface area (TPSA) is 54.0 Å². The summed E-state index contributed by atoms with van der Waals surface area (Å²) in [4.78, 5) is 11.5. The molecule has 144 valence electrons. The van der Waals surface area contributed by atoms with Crippen LogP contribution in [0.5, 0.6) is 17.2 Å². The van der Waals surface area contributed by atoms with Crippen LogP contribution in [0.25, 0.3) is 0 Å². The Morgan fingerprint density at radius 3 is 2.48 bits per heavy atom. The molecule has 0 amide bonds. The van der Waals surface area contributed by atoms with Gasteiger partial charge in [-0.1, -0.05) is 19.1 Å². The fourth-order valence-corrected chi connectivity index (χ4v) is 3.22. The number of hydrogen-bond donors (Lipinski definition) is 0. The van der Waals surface area contributed by atoms with E-state index in [1.165, 1.54) is 36.6 Å². The molecule has 0 aromatic heterocycles. The number of ether oxygens (including phenoxy) is 4. The summed E-state index contributed by atoms with van der Waals surface area (Å²) >= 11 is 0. The maximum Gasteiger partial charge on any atom is 0.513 e. The van der Waals surface area contributed by atoms with Gasteiger partial charge < -0.3 is 18.9 Å². The molecular formula is C22H26O5. The molecule has 0 aliphatic heterocycles. The smallest absolute Gasteiger partial charge is 0.496 e. The van der Waals surface area contributed by atoms with E-state index in [9.17, 15) is 4.79 Å². The summed E-state index contributed by atoms with van der Waals surface area (Å²) in [6.07, 6.45) is 2.64. The summed E-state index contributed by atoms with van der Waals surface area (Å²) in [5.41, 5.74) is 4.52. The van der Waals surface area contributed by atoms with E-state index in [-0.39, 0.29) is 6.61 Å². The summed E-state index contributed by atoms with van der Waals surface area (Å²) in [5.74, 6) is 2.44. The van der Waals surface area contributed by atoms with Gasteiger partial charge in [-0.25, -0.2) is 4.79 Å².